The van der Waals surface area contributed by atoms with Crippen molar-refractivity contribution in [2.45, 2.75) is 57.7 Å². The second-order valence-electron chi connectivity index (χ2n) is 7.37. The molecule has 1 N–H and O–H groups in total. The second-order valence-corrected chi connectivity index (χ2v) is 7.37. The fourth-order valence-corrected chi connectivity index (χ4v) is 3.62. The first-order chi connectivity index (χ1) is 11.9. The molecule has 0 unspecified atom stereocenters. The minimum atomic E-state index is -0.446. The van der Waals surface area contributed by atoms with Crippen molar-refractivity contribution < 1.29 is 19.1 Å². The predicted molar refractivity (Wildman–Crippen MR) is 93.4 cm³/mol. The summed E-state index contributed by atoms with van der Waals surface area (Å²) >= 11 is 0. The van der Waals surface area contributed by atoms with E-state index in [2.05, 4.69) is 25.2 Å². The molecule has 6 nitrogen and oxygen atoms in total. The van der Waals surface area contributed by atoms with Gasteiger partial charge in [-0.15, -0.1) is 0 Å². The second kappa shape index (κ2) is 6.94. The third-order valence-corrected chi connectivity index (χ3v) is 4.81. The summed E-state index contributed by atoms with van der Waals surface area (Å²) in [5, 5.41) is 2.96. The van der Waals surface area contributed by atoms with Crippen molar-refractivity contribution in [1.82, 2.24) is 10.2 Å². The molecule has 2 amide bonds. The number of hydrogen-bond donors (Lipinski definition) is 1. The molecule has 3 rings (SSSR count). The Morgan fingerprint density at radius 2 is 2.16 bits per heavy atom. The number of nitrogens with one attached hydrogen (secondary N) is 1. The third kappa shape index (κ3) is 3.89. The van der Waals surface area contributed by atoms with Crippen molar-refractivity contribution in [2.24, 2.45) is 0 Å². The number of rotatable bonds is 3. The average molecular weight is 346 g/mol. The SMILES string of the molecule is COC(=O)N1CCCC[C@@H]1C(=O)NCc1ccc2c(c1)CC(C)(C)O2. The minimum Gasteiger partial charge on any atom is -0.487 e. The number of carbonyl (C=O) groups is 2. The van der Waals surface area contributed by atoms with E-state index in [1.807, 2.05) is 12.1 Å². The molecule has 2 heterocycles. The number of nitrogens with zero attached hydrogens (tertiary/aromatic N) is 1. The largest absolute Gasteiger partial charge is 0.487 e. The maximum Gasteiger partial charge on any atom is 0.410 e. The van der Waals surface area contributed by atoms with Gasteiger partial charge < -0.3 is 14.8 Å². The summed E-state index contributed by atoms with van der Waals surface area (Å²) in [5.41, 5.74) is 2.03. The molecule has 1 fully saturated rings. The molecule has 0 bridgehead atoms. The van der Waals surface area contributed by atoms with Gasteiger partial charge in [-0.2, -0.15) is 0 Å². The van der Waals surface area contributed by atoms with E-state index in [0.29, 0.717) is 19.5 Å². The lowest BCUT2D eigenvalue weighted by molar-refractivity contribution is -0.127. The summed E-state index contributed by atoms with van der Waals surface area (Å²) in [7, 11) is 1.35. The fraction of sp³-hybridized carbons (Fsp3) is 0.579. The van der Waals surface area contributed by atoms with Gasteiger partial charge in [0.15, 0.2) is 0 Å². The Hall–Kier alpha value is -2.24. The van der Waals surface area contributed by atoms with Crippen LogP contribution in [-0.4, -0.2) is 42.2 Å². The van der Waals surface area contributed by atoms with Crippen LogP contribution in [0, 0.1) is 0 Å². The Bertz CT molecular complexity index is 671. The zero-order valence-corrected chi connectivity index (χ0v) is 15.1. The Morgan fingerprint density at radius 1 is 1.36 bits per heavy atom. The van der Waals surface area contributed by atoms with Gasteiger partial charge in [0, 0.05) is 19.5 Å². The molecule has 1 atom stereocenters. The van der Waals surface area contributed by atoms with Crippen LogP contribution in [0.1, 0.15) is 44.2 Å². The molecule has 136 valence electrons. The lowest BCUT2D eigenvalue weighted by Gasteiger charge is -2.33. The van der Waals surface area contributed by atoms with Crippen LogP contribution in [0.4, 0.5) is 4.79 Å². The molecule has 0 saturated carbocycles. The Morgan fingerprint density at radius 3 is 2.92 bits per heavy atom. The van der Waals surface area contributed by atoms with E-state index in [-0.39, 0.29) is 11.5 Å². The fourth-order valence-electron chi connectivity index (χ4n) is 3.62. The van der Waals surface area contributed by atoms with Gasteiger partial charge in [0.05, 0.1) is 7.11 Å². The highest BCUT2D eigenvalue weighted by Gasteiger charge is 2.33. The number of piperidine rings is 1. The maximum absolute atomic E-state index is 12.6. The summed E-state index contributed by atoms with van der Waals surface area (Å²) in [6.45, 7) is 5.14. The Balaban J connectivity index is 1.62. The van der Waals surface area contributed by atoms with Crippen LogP contribution in [0.5, 0.6) is 5.75 Å². The van der Waals surface area contributed by atoms with Gasteiger partial charge in [-0.05, 0) is 50.3 Å². The molecular formula is C19H26N2O4. The van der Waals surface area contributed by atoms with Crippen molar-refractivity contribution in [3.05, 3.63) is 29.3 Å². The highest BCUT2D eigenvalue weighted by Crippen LogP contribution is 2.35. The molecule has 0 aliphatic carbocycles. The summed E-state index contributed by atoms with van der Waals surface area (Å²) < 4.78 is 10.7. The van der Waals surface area contributed by atoms with E-state index in [1.54, 1.807) is 0 Å². The van der Waals surface area contributed by atoms with Gasteiger partial charge in [-0.1, -0.05) is 12.1 Å². The summed E-state index contributed by atoms with van der Waals surface area (Å²) in [6, 6.07) is 5.58. The molecular weight excluding hydrogens is 320 g/mol. The van der Waals surface area contributed by atoms with E-state index < -0.39 is 12.1 Å². The average Bonchev–Trinajstić information content (AvgIpc) is 2.91. The quantitative estimate of drug-likeness (QED) is 0.914. The van der Waals surface area contributed by atoms with Gasteiger partial charge in [-0.25, -0.2) is 4.79 Å². The van der Waals surface area contributed by atoms with Crippen LogP contribution in [0.2, 0.25) is 0 Å². The zero-order valence-electron chi connectivity index (χ0n) is 15.1. The number of likely N-dealkylation sites (tertiary alicyclic amines) is 1. The van der Waals surface area contributed by atoms with Crippen molar-refractivity contribution in [1.29, 1.82) is 0 Å². The highest BCUT2D eigenvalue weighted by molar-refractivity contribution is 5.85. The molecule has 6 heteroatoms. The van der Waals surface area contributed by atoms with E-state index in [1.165, 1.54) is 17.6 Å². The standard InChI is InChI=1S/C19H26N2O4/c1-19(2)11-14-10-13(7-8-16(14)25-19)12-20-17(22)15-6-4-5-9-21(15)18(23)24-3/h7-8,10,15H,4-6,9,11-12H2,1-3H3,(H,20,22)/t15-/m1/s1. The number of amides is 2. The van der Waals surface area contributed by atoms with E-state index in [0.717, 1.165) is 30.6 Å². The van der Waals surface area contributed by atoms with Gasteiger partial charge >= 0.3 is 6.09 Å². The number of carbonyl (C=O) groups excluding carboxylic acids is 2. The molecule has 2 aliphatic rings. The van der Waals surface area contributed by atoms with Gasteiger partial charge in [-0.3, -0.25) is 9.69 Å². The van der Waals surface area contributed by atoms with E-state index >= 15 is 0 Å². The minimum absolute atomic E-state index is 0.123. The number of ether oxygens (including phenoxy) is 2. The first-order valence-corrected chi connectivity index (χ1v) is 8.83. The number of fused-ring (bicyclic) bond motifs is 1. The van der Waals surface area contributed by atoms with Crippen LogP contribution < -0.4 is 10.1 Å². The molecule has 0 aromatic heterocycles. The predicted octanol–water partition coefficient (Wildman–Crippen LogP) is 2.64. The van der Waals surface area contributed by atoms with E-state index in [4.69, 9.17) is 9.47 Å². The molecule has 0 radical (unpaired) electrons. The van der Waals surface area contributed by atoms with Crippen LogP contribution in [0.3, 0.4) is 0 Å². The van der Waals surface area contributed by atoms with Crippen LogP contribution in [-0.2, 0) is 22.5 Å². The van der Waals surface area contributed by atoms with Crippen molar-refractivity contribution in [3.8, 4) is 5.75 Å². The van der Waals surface area contributed by atoms with Crippen LogP contribution >= 0.6 is 0 Å². The normalized spacial score (nSPS) is 21.2. The van der Waals surface area contributed by atoms with Crippen molar-refractivity contribution >= 4 is 12.0 Å². The molecule has 2 aliphatic heterocycles. The van der Waals surface area contributed by atoms with Crippen LogP contribution in [0.25, 0.3) is 0 Å². The molecule has 1 saturated heterocycles. The monoisotopic (exact) mass is 346 g/mol. The lowest BCUT2D eigenvalue weighted by Crippen LogP contribution is -2.51. The van der Waals surface area contributed by atoms with E-state index in [9.17, 15) is 9.59 Å². The third-order valence-electron chi connectivity index (χ3n) is 4.81. The smallest absolute Gasteiger partial charge is 0.410 e. The molecule has 1 aromatic carbocycles. The first-order valence-electron chi connectivity index (χ1n) is 8.83. The number of hydrogen-bond acceptors (Lipinski definition) is 4. The highest BCUT2D eigenvalue weighted by atomic mass is 16.5. The number of benzene rings is 1. The van der Waals surface area contributed by atoms with Crippen LogP contribution in [0.15, 0.2) is 18.2 Å². The van der Waals surface area contributed by atoms with Crippen molar-refractivity contribution in [3.63, 3.8) is 0 Å². The summed E-state index contributed by atoms with van der Waals surface area (Å²) in [5.74, 6) is 0.798. The summed E-state index contributed by atoms with van der Waals surface area (Å²) in [6.07, 6.45) is 2.95. The lowest BCUT2D eigenvalue weighted by atomic mass is 10.00. The van der Waals surface area contributed by atoms with Gasteiger partial charge in [0.25, 0.3) is 0 Å². The Labute approximate surface area is 148 Å². The zero-order chi connectivity index (χ0) is 18.0. The summed E-state index contributed by atoms with van der Waals surface area (Å²) in [4.78, 5) is 25.9. The Kier molecular flexibility index (Phi) is 4.88. The van der Waals surface area contributed by atoms with Gasteiger partial charge in [0.1, 0.15) is 17.4 Å². The van der Waals surface area contributed by atoms with Gasteiger partial charge in [0.2, 0.25) is 5.91 Å². The van der Waals surface area contributed by atoms with Crippen molar-refractivity contribution in [2.75, 3.05) is 13.7 Å². The first kappa shape index (κ1) is 17.6. The maximum atomic E-state index is 12.6. The topological polar surface area (TPSA) is 67.9 Å². The molecule has 1 aromatic rings. The molecule has 25 heavy (non-hydrogen) atoms. The number of methoxy groups -OCH3 is 1. The molecule has 0 spiro atoms.